The summed E-state index contributed by atoms with van der Waals surface area (Å²) in [5.41, 5.74) is -0.565. The number of esters is 2. The van der Waals surface area contributed by atoms with Crippen molar-refractivity contribution in [1.82, 2.24) is 0 Å². The van der Waals surface area contributed by atoms with Crippen molar-refractivity contribution in [1.29, 1.82) is 0 Å². The maximum atomic E-state index is 12.8. The predicted octanol–water partition coefficient (Wildman–Crippen LogP) is 2.99. The molecule has 0 bridgehead atoms. The first-order chi connectivity index (χ1) is 11.8. The number of allylic oxidation sites excluding steroid dienone is 2. The maximum Gasteiger partial charge on any atom is 0.334 e. The van der Waals surface area contributed by atoms with Gasteiger partial charge >= 0.3 is 11.9 Å². The fraction of sp³-hybridized carbons (Fsp3) is 0.650. The van der Waals surface area contributed by atoms with Gasteiger partial charge in [-0.05, 0) is 37.7 Å². The summed E-state index contributed by atoms with van der Waals surface area (Å²) in [4.78, 5) is 37.2. The van der Waals surface area contributed by atoms with Crippen LogP contribution in [0.25, 0.3) is 0 Å². The van der Waals surface area contributed by atoms with Crippen LogP contribution in [-0.4, -0.2) is 29.9 Å². The van der Waals surface area contributed by atoms with Crippen LogP contribution in [0.15, 0.2) is 24.3 Å². The Kier molecular flexibility index (Phi) is 4.60. The first-order valence-electron chi connectivity index (χ1n) is 9.12. The number of ketones is 1. The standard InChI is InChI=1S/C20H26O5/c1-5-6-7-16(22)25-18-17-12(3)19(23)24-14(17)10-11(2)13-8-9-15(21)20(13,18)4/h8-9,11,13-14,17-18H,3,5-7,10H2,1-2,4H3/t11-,13+,14-,17-,18+,20+/m1/s1. The largest absolute Gasteiger partial charge is 0.460 e. The molecular weight excluding hydrogens is 320 g/mol. The van der Waals surface area contributed by atoms with E-state index in [9.17, 15) is 14.4 Å². The highest BCUT2D eigenvalue weighted by atomic mass is 16.6. The number of ether oxygens (including phenoxy) is 2. The van der Waals surface area contributed by atoms with Crippen LogP contribution in [0, 0.1) is 23.2 Å². The summed E-state index contributed by atoms with van der Waals surface area (Å²) in [6.07, 6.45) is 4.97. The molecule has 2 fully saturated rings. The van der Waals surface area contributed by atoms with Gasteiger partial charge in [0.05, 0.1) is 11.3 Å². The third-order valence-corrected chi connectivity index (χ3v) is 6.13. The monoisotopic (exact) mass is 346 g/mol. The van der Waals surface area contributed by atoms with Gasteiger partial charge in [-0.25, -0.2) is 4.79 Å². The molecule has 0 N–H and O–H groups in total. The molecule has 0 radical (unpaired) electrons. The van der Waals surface area contributed by atoms with E-state index in [4.69, 9.17) is 9.47 Å². The van der Waals surface area contributed by atoms with Crippen molar-refractivity contribution in [2.45, 2.75) is 58.7 Å². The molecule has 1 aliphatic heterocycles. The molecule has 0 unspecified atom stereocenters. The zero-order valence-corrected chi connectivity index (χ0v) is 15.1. The smallest absolute Gasteiger partial charge is 0.334 e. The summed E-state index contributed by atoms with van der Waals surface area (Å²) in [7, 11) is 0. The van der Waals surface area contributed by atoms with Gasteiger partial charge in [-0.2, -0.15) is 0 Å². The molecule has 0 aromatic heterocycles. The van der Waals surface area contributed by atoms with Crippen LogP contribution in [0.4, 0.5) is 0 Å². The van der Waals surface area contributed by atoms with Crippen molar-refractivity contribution >= 4 is 17.7 Å². The molecule has 6 atom stereocenters. The molecule has 0 aromatic carbocycles. The third kappa shape index (κ3) is 2.74. The molecule has 0 amide bonds. The van der Waals surface area contributed by atoms with Crippen LogP contribution in [0.3, 0.4) is 0 Å². The van der Waals surface area contributed by atoms with Crippen molar-refractivity contribution in [2.24, 2.45) is 23.2 Å². The van der Waals surface area contributed by atoms with Gasteiger partial charge in [0.2, 0.25) is 0 Å². The molecule has 1 heterocycles. The Morgan fingerprint density at radius 1 is 1.44 bits per heavy atom. The van der Waals surface area contributed by atoms with Crippen LogP contribution in [0.2, 0.25) is 0 Å². The second-order valence-corrected chi connectivity index (χ2v) is 7.75. The Bertz CT molecular complexity index is 648. The molecule has 0 aromatic rings. The Morgan fingerprint density at radius 3 is 2.84 bits per heavy atom. The normalized spacial score (nSPS) is 39.6. The van der Waals surface area contributed by atoms with Gasteiger partial charge in [0.15, 0.2) is 5.78 Å². The number of fused-ring (bicyclic) bond motifs is 2. The van der Waals surface area contributed by atoms with Gasteiger partial charge in [0.25, 0.3) is 0 Å². The Morgan fingerprint density at radius 2 is 2.16 bits per heavy atom. The Balaban J connectivity index is 2.00. The third-order valence-electron chi connectivity index (χ3n) is 6.13. The highest BCUT2D eigenvalue weighted by Crippen LogP contribution is 2.54. The number of hydrogen-bond donors (Lipinski definition) is 0. The van der Waals surface area contributed by atoms with E-state index in [2.05, 4.69) is 13.5 Å². The summed E-state index contributed by atoms with van der Waals surface area (Å²) in [5.74, 6) is -1.19. The van der Waals surface area contributed by atoms with Crippen LogP contribution >= 0.6 is 0 Å². The lowest BCUT2D eigenvalue weighted by atomic mass is 9.67. The first-order valence-corrected chi connectivity index (χ1v) is 9.12. The lowest BCUT2D eigenvalue weighted by Gasteiger charge is -2.39. The van der Waals surface area contributed by atoms with E-state index in [0.717, 1.165) is 12.8 Å². The van der Waals surface area contributed by atoms with E-state index < -0.39 is 23.4 Å². The van der Waals surface area contributed by atoms with Crippen LogP contribution in [0.1, 0.15) is 46.5 Å². The second-order valence-electron chi connectivity index (χ2n) is 7.75. The summed E-state index contributed by atoms with van der Waals surface area (Å²) < 4.78 is 11.4. The van der Waals surface area contributed by atoms with Crippen molar-refractivity contribution in [3.8, 4) is 0 Å². The Labute approximate surface area is 148 Å². The summed E-state index contributed by atoms with van der Waals surface area (Å²) in [6, 6.07) is 0. The van der Waals surface area contributed by atoms with E-state index in [1.165, 1.54) is 0 Å². The molecule has 2 aliphatic carbocycles. The molecule has 1 saturated heterocycles. The second kappa shape index (κ2) is 6.43. The lowest BCUT2D eigenvalue weighted by Crippen LogP contribution is -2.49. The van der Waals surface area contributed by atoms with Crippen molar-refractivity contribution in [2.75, 3.05) is 0 Å². The van der Waals surface area contributed by atoms with E-state index in [0.29, 0.717) is 18.4 Å². The van der Waals surface area contributed by atoms with Crippen LogP contribution < -0.4 is 0 Å². The fourth-order valence-corrected chi connectivity index (χ4v) is 4.67. The number of rotatable bonds is 4. The van der Waals surface area contributed by atoms with Crippen molar-refractivity contribution < 1.29 is 23.9 Å². The van der Waals surface area contributed by atoms with Gasteiger partial charge in [-0.3, -0.25) is 9.59 Å². The van der Waals surface area contributed by atoms with E-state index in [1.54, 1.807) is 6.08 Å². The average molecular weight is 346 g/mol. The molecule has 0 spiro atoms. The number of carbonyl (C=O) groups excluding carboxylic acids is 3. The molecule has 5 nitrogen and oxygen atoms in total. The molecule has 1 saturated carbocycles. The fourth-order valence-electron chi connectivity index (χ4n) is 4.67. The van der Waals surface area contributed by atoms with Crippen LogP contribution in [0.5, 0.6) is 0 Å². The minimum atomic E-state index is -0.877. The summed E-state index contributed by atoms with van der Waals surface area (Å²) in [6.45, 7) is 9.79. The molecule has 3 rings (SSSR count). The summed E-state index contributed by atoms with van der Waals surface area (Å²) in [5, 5.41) is 0. The van der Waals surface area contributed by atoms with Gasteiger partial charge in [-0.15, -0.1) is 0 Å². The predicted molar refractivity (Wildman–Crippen MR) is 91.4 cm³/mol. The zero-order chi connectivity index (χ0) is 18.4. The number of hydrogen-bond acceptors (Lipinski definition) is 5. The quantitative estimate of drug-likeness (QED) is 0.578. The Hall–Kier alpha value is -1.91. The minimum absolute atomic E-state index is 0.0407. The number of carbonyl (C=O) groups is 3. The van der Waals surface area contributed by atoms with Gasteiger partial charge in [0.1, 0.15) is 12.2 Å². The van der Waals surface area contributed by atoms with Gasteiger partial charge in [-0.1, -0.05) is 32.9 Å². The zero-order valence-electron chi connectivity index (χ0n) is 15.1. The van der Waals surface area contributed by atoms with Crippen molar-refractivity contribution in [3.05, 3.63) is 24.3 Å². The van der Waals surface area contributed by atoms with Crippen molar-refractivity contribution in [3.63, 3.8) is 0 Å². The van der Waals surface area contributed by atoms with E-state index >= 15 is 0 Å². The van der Waals surface area contributed by atoms with E-state index in [-0.39, 0.29) is 29.7 Å². The molecule has 5 heteroatoms. The highest BCUT2D eigenvalue weighted by Gasteiger charge is 2.61. The van der Waals surface area contributed by atoms with E-state index in [1.807, 2.05) is 19.9 Å². The van der Waals surface area contributed by atoms with Crippen LogP contribution in [-0.2, 0) is 23.9 Å². The molecule has 136 valence electrons. The average Bonchev–Trinajstić information content (AvgIpc) is 2.98. The first kappa shape index (κ1) is 17.9. The number of unbranched alkanes of at least 4 members (excludes halogenated alkanes) is 1. The highest BCUT2D eigenvalue weighted by molar-refractivity contribution is 5.99. The topological polar surface area (TPSA) is 69.7 Å². The molecular formula is C20H26O5. The SMILES string of the molecule is C=C1C(=O)O[C@@H]2C[C@@H](C)[C@@H]3C=CC(=O)[C@@]3(C)[C@@H](OC(=O)CCCC)[C@H]12. The maximum absolute atomic E-state index is 12.8. The van der Waals surface area contributed by atoms with Gasteiger partial charge < -0.3 is 9.47 Å². The minimum Gasteiger partial charge on any atom is -0.460 e. The van der Waals surface area contributed by atoms with Gasteiger partial charge in [0, 0.05) is 12.0 Å². The molecule has 25 heavy (non-hydrogen) atoms. The lowest BCUT2D eigenvalue weighted by molar-refractivity contribution is -0.164. The molecule has 3 aliphatic rings. The summed E-state index contributed by atoms with van der Waals surface area (Å²) >= 11 is 0.